The molecule has 1 aliphatic rings. The first kappa shape index (κ1) is 12.6. The van der Waals surface area contributed by atoms with E-state index in [-0.39, 0.29) is 0 Å². The molecule has 1 aliphatic heterocycles. The van der Waals surface area contributed by atoms with Gasteiger partial charge in [0, 0.05) is 12.2 Å². The molecule has 5 heteroatoms. The predicted molar refractivity (Wildman–Crippen MR) is 88.2 cm³/mol. The van der Waals surface area contributed by atoms with Crippen molar-refractivity contribution in [2.75, 3.05) is 17.2 Å². The van der Waals surface area contributed by atoms with E-state index in [9.17, 15) is 0 Å². The molecule has 0 radical (unpaired) electrons. The van der Waals surface area contributed by atoms with Crippen LogP contribution in [0.25, 0.3) is 10.2 Å². The third kappa shape index (κ3) is 2.14. The number of benzene rings is 1. The molecular weight excluding hydrogens is 280 g/mol. The fourth-order valence-corrected chi connectivity index (χ4v) is 3.74. The number of hydrogen-bond acceptors (Lipinski definition) is 5. The van der Waals surface area contributed by atoms with Gasteiger partial charge in [0.1, 0.15) is 10.6 Å². The molecule has 0 fully saturated rings. The SMILES string of the molecule is Nc1nc(N2CCCCc3ccccc32)c2ccsc2n1. The average Bonchev–Trinajstić information content (AvgIpc) is 2.85. The van der Waals surface area contributed by atoms with Crippen LogP contribution in [-0.2, 0) is 6.42 Å². The lowest BCUT2D eigenvalue weighted by Crippen LogP contribution is -2.20. The van der Waals surface area contributed by atoms with Gasteiger partial charge in [0.25, 0.3) is 0 Å². The smallest absolute Gasteiger partial charge is 0.223 e. The first-order chi connectivity index (χ1) is 10.3. The van der Waals surface area contributed by atoms with E-state index in [0.29, 0.717) is 5.95 Å². The third-order valence-corrected chi connectivity index (χ3v) is 4.74. The lowest BCUT2D eigenvalue weighted by molar-refractivity contribution is 0.758. The van der Waals surface area contributed by atoms with Gasteiger partial charge in [0.15, 0.2) is 0 Å². The zero-order valence-electron chi connectivity index (χ0n) is 11.6. The molecule has 0 aliphatic carbocycles. The van der Waals surface area contributed by atoms with Crippen molar-refractivity contribution in [3.8, 4) is 0 Å². The average molecular weight is 296 g/mol. The molecule has 4 nitrogen and oxygen atoms in total. The van der Waals surface area contributed by atoms with E-state index in [0.717, 1.165) is 35.4 Å². The molecule has 1 aromatic carbocycles. The highest BCUT2D eigenvalue weighted by Crippen LogP contribution is 2.36. The molecule has 0 atom stereocenters. The van der Waals surface area contributed by atoms with Gasteiger partial charge in [0.2, 0.25) is 5.95 Å². The van der Waals surface area contributed by atoms with Gasteiger partial charge < -0.3 is 10.6 Å². The first-order valence-electron chi connectivity index (χ1n) is 7.19. The highest BCUT2D eigenvalue weighted by molar-refractivity contribution is 7.16. The second-order valence-electron chi connectivity index (χ2n) is 5.28. The van der Waals surface area contributed by atoms with Crippen LogP contribution in [0.2, 0.25) is 0 Å². The molecule has 21 heavy (non-hydrogen) atoms. The minimum atomic E-state index is 0.349. The van der Waals surface area contributed by atoms with Crippen molar-refractivity contribution in [1.29, 1.82) is 0 Å². The fraction of sp³-hybridized carbons (Fsp3) is 0.250. The second-order valence-corrected chi connectivity index (χ2v) is 6.18. The maximum absolute atomic E-state index is 5.91. The Hall–Kier alpha value is -2.14. The summed E-state index contributed by atoms with van der Waals surface area (Å²) in [5, 5.41) is 3.14. The molecule has 0 amide bonds. The van der Waals surface area contributed by atoms with Crippen LogP contribution in [0.3, 0.4) is 0 Å². The Labute approximate surface area is 127 Å². The second kappa shape index (κ2) is 5.00. The molecule has 0 spiro atoms. The lowest BCUT2D eigenvalue weighted by Gasteiger charge is -2.24. The van der Waals surface area contributed by atoms with Gasteiger partial charge in [-0.25, -0.2) is 4.98 Å². The Morgan fingerprint density at radius 2 is 2.00 bits per heavy atom. The molecule has 4 rings (SSSR count). The zero-order valence-corrected chi connectivity index (χ0v) is 12.4. The number of anilines is 3. The van der Waals surface area contributed by atoms with Crippen molar-refractivity contribution in [1.82, 2.24) is 9.97 Å². The van der Waals surface area contributed by atoms with Gasteiger partial charge in [-0.05, 0) is 42.3 Å². The molecule has 2 aromatic heterocycles. The van der Waals surface area contributed by atoms with E-state index < -0.39 is 0 Å². The summed E-state index contributed by atoms with van der Waals surface area (Å²) in [7, 11) is 0. The van der Waals surface area contributed by atoms with Crippen molar-refractivity contribution in [3.05, 3.63) is 41.3 Å². The third-order valence-electron chi connectivity index (χ3n) is 3.94. The van der Waals surface area contributed by atoms with Crippen LogP contribution in [0.5, 0.6) is 0 Å². The van der Waals surface area contributed by atoms with Crippen LogP contribution >= 0.6 is 11.3 Å². The van der Waals surface area contributed by atoms with Crippen LogP contribution < -0.4 is 10.6 Å². The van der Waals surface area contributed by atoms with Gasteiger partial charge in [-0.2, -0.15) is 4.98 Å². The van der Waals surface area contributed by atoms with Crippen molar-refractivity contribution in [2.45, 2.75) is 19.3 Å². The molecule has 0 saturated heterocycles. The van der Waals surface area contributed by atoms with Crippen molar-refractivity contribution in [3.63, 3.8) is 0 Å². The van der Waals surface area contributed by atoms with Gasteiger partial charge in [0.05, 0.1) is 5.39 Å². The van der Waals surface area contributed by atoms with Crippen molar-refractivity contribution < 1.29 is 0 Å². The van der Waals surface area contributed by atoms with Crippen molar-refractivity contribution in [2.24, 2.45) is 0 Å². The molecular formula is C16H16N4S. The summed E-state index contributed by atoms with van der Waals surface area (Å²) >= 11 is 1.61. The maximum atomic E-state index is 5.91. The van der Waals surface area contributed by atoms with Crippen LogP contribution in [0, 0.1) is 0 Å². The van der Waals surface area contributed by atoms with Crippen LogP contribution in [0.15, 0.2) is 35.7 Å². The lowest BCUT2D eigenvalue weighted by atomic mass is 10.1. The predicted octanol–water partition coefficient (Wildman–Crippen LogP) is 3.75. The molecule has 0 unspecified atom stereocenters. The summed E-state index contributed by atoms with van der Waals surface area (Å²) in [6.45, 7) is 0.971. The summed E-state index contributed by atoms with van der Waals surface area (Å²) in [6, 6.07) is 10.7. The molecule has 3 heterocycles. The van der Waals surface area contributed by atoms with Gasteiger partial charge in [-0.1, -0.05) is 18.2 Å². The van der Waals surface area contributed by atoms with E-state index >= 15 is 0 Å². The fourth-order valence-electron chi connectivity index (χ4n) is 2.97. The van der Waals surface area contributed by atoms with E-state index in [1.807, 2.05) is 5.38 Å². The van der Waals surface area contributed by atoms with E-state index in [1.54, 1.807) is 11.3 Å². The summed E-state index contributed by atoms with van der Waals surface area (Å²) in [5.74, 6) is 1.29. The monoisotopic (exact) mass is 296 g/mol. The van der Waals surface area contributed by atoms with Crippen LogP contribution in [0.1, 0.15) is 18.4 Å². The topological polar surface area (TPSA) is 55.0 Å². The number of aromatic nitrogens is 2. The van der Waals surface area contributed by atoms with Gasteiger partial charge >= 0.3 is 0 Å². The van der Waals surface area contributed by atoms with Gasteiger partial charge in [-0.3, -0.25) is 0 Å². The molecule has 0 bridgehead atoms. The number of aryl methyl sites for hydroxylation is 1. The summed E-state index contributed by atoms with van der Waals surface area (Å²) < 4.78 is 0. The first-order valence-corrected chi connectivity index (χ1v) is 8.07. The van der Waals surface area contributed by atoms with Crippen molar-refractivity contribution >= 4 is 39.0 Å². The Bertz CT molecular complexity index is 796. The largest absolute Gasteiger partial charge is 0.368 e. The highest BCUT2D eigenvalue weighted by atomic mass is 32.1. The zero-order chi connectivity index (χ0) is 14.2. The van der Waals surface area contributed by atoms with Gasteiger partial charge in [-0.15, -0.1) is 11.3 Å². The Morgan fingerprint density at radius 1 is 1.10 bits per heavy atom. The quantitative estimate of drug-likeness (QED) is 0.743. The number of rotatable bonds is 1. The molecule has 3 aromatic rings. The molecule has 0 saturated carbocycles. The normalized spacial score (nSPS) is 15.0. The summed E-state index contributed by atoms with van der Waals surface area (Å²) in [5.41, 5.74) is 8.54. The molecule has 106 valence electrons. The Morgan fingerprint density at radius 3 is 2.95 bits per heavy atom. The van der Waals surface area contributed by atoms with E-state index in [4.69, 9.17) is 5.73 Å². The number of nitrogens with two attached hydrogens (primary N) is 1. The van der Waals surface area contributed by atoms with E-state index in [1.165, 1.54) is 17.7 Å². The number of para-hydroxylation sites is 1. The number of nitrogen functional groups attached to an aromatic ring is 1. The number of fused-ring (bicyclic) bond motifs is 2. The maximum Gasteiger partial charge on any atom is 0.223 e. The minimum absolute atomic E-state index is 0.349. The summed E-state index contributed by atoms with van der Waals surface area (Å²) in [4.78, 5) is 12.1. The van der Waals surface area contributed by atoms with Crippen LogP contribution in [0.4, 0.5) is 17.5 Å². The Balaban J connectivity index is 1.94. The highest BCUT2D eigenvalue weighted by Gasteiger charge is 2.20. The van der Waals surface area contributed by atoms with Crippen LogP contribution in [-0.4, -0.2) is 16.5 Å². The number of thiophene rings is 1. The summed E-state index contributed by atoms with van der Waals surface area (Å²) in [6.07, 6.45) is 3.49. The minimum Gasteiger partial charge on any atom is -0.368 e. The standard InChI is InChI=1S/C16H16N4S/c17-16-18-14(12-8-10-21-15(12)19-16)20-9-4-3-6-11-5-1-2-7-13(11)20/h1-2,5,7-8,10H,3-4,6,9H2,(H2,17,18,19). The molecule has 2 N–H and O–H groups in total. The number of nitrogens with zero attached hydrogens (tertiary/aromatic N) is 3. The Kier molecular flexibility index (Phi) is 3.00. The number of hydrogen-bond donors (Lipinski definition) is 1. The van der Waals surface area contributed by atoms with E-state index in [2.05, 4.69) is 45.2 Å².